The first-order valence-corrected chi connectivity index (χ1v) is 9.02. The number of thiophene rings is 1. The summed E-state index contributed by atoms with van der Waals surface area (Å²) in [6.07, 6.45) is 2.42. The van der Waals surface area contributed by atoms with Crippen molar-refractivity contribution >= 4 is 17.2 Å². The number of aryl methyl sites for hydroxylation is 2. The highest BCUT2D eigenvalue weighted by atomic mass is 32.1. The number of hydrogen-bond acceptors (Lipinski definition) is 3. The van der Waals surface area contributed by atoms with Gasteiger partial charge in [0.1, 0.15) is 0 Å². The molecule has 1 N–H and O–H groups in total. The van der Waals surface area contributed by atoms with Crippen molar-refractivity contribution in [3.05, 3.63) is 57.8 Å². The molecule has 0 bridgehead atoms. The third-order valence-corrected chi connectivity index (χ3v) is 5.00. The number of nitrogens with zero attached hydrogens (tertiary/aromatic N) is 1. The first-order valence-electron chi connectivity index (χ1n) is 8.14. The number of rotatable bonds is 8. The van der Waals surface area contributed by atoms with Crippen LogP contribution in [0.2, 0.25) is 0 Å². The number of carbonyl (C=O) groups excluding carboxylic acids is 1. The van der Waals surface area contributed by atoms with E-state index in [2.05, 4.69) is 66.9 Å². The summed E-state index contributed by atoms with van der Waals surface area (Å²) in [4.78, 5) is 15.5. The molecule has 0 radical (unpaired) electrons. The first kappa shape index (κ1) is 17.7. The lowest BCUT2D eigenvalue weighted by atomic mass is 10.0. The van der Waals surface area contributed by atoms with E-state index < -0.39 is 0 Å². The minimum Gasteiger partial charge on any atom is -0.354 e. The number of nitrogens with one attached hydrogen (secondary N) is 1. The normalized spacial score (nSPS) is 12.3. The number of benzene rings is 1. The second-order valence-electron chi connectivity index (χ2n) is 5.96. The van der Waals surface area contributed by atoms with Gasteiger partial charge in [-0.15, -0.1) is 11.3 Å². The Morgan fingerprint density at radius 1 is 1.22 bits per heavy atom. The van der Waals surface area contributed by atoms with Gasteiger partial charge >= 0.3 is 0 Å². The molecule has 1 atom stereocenters. The van der Waals surface area contributed by atoms with Crippen LogP contribution in [0.4, 0.5) is 0 Å². The Balaban J connectivity index is 1.87. The monoisotopic (exact) mass is 330 g/mol. The minimum absolute atomic E-state index is 0.121. The molecule has 0 fully saturated rings. The second-order valence-corrected chi connectivity index (χ2v) is 6.99. The van der Waals surface area contributed by atoms with Crippen LogP contribution in [0.5, 0.6) is 0 Å². The Morgan fingerprint density at radius 2 is 1.96 bits per heavy atom. The molecular formula is C19H26N2OS. The Bertz CT molecular complexity index is 590. The van der Waals surface area contributed by atoms with Gasteiger partial charge in [-0.3, -0.25) is 4.79 Å². The average molecular weight is 330 g/mol. The zero-order chi connectivity index (χ0) is 16.7. The molecule has 0 spiro atoms. The van der Waals surface area contributed by atoms with E-state index in [0.29, 0.717) is 13.0 Å². The molecule has 1 aromatic carbocycles. The van der Waals surface area contributed by atoms with E-state index in [4.69, 9.17) is 0 Å². The number of likely N-dealkylation sites (N-methyl/N-ethyl adjacent to an activating group) is 1. The quantitative estimate of drug-likeness (QED) is 0.801. The van der Waals surface area contributed by atoms with Crippen LogP contribution >= 0.6 is 11.3 Å². The van der Waals surface area contributed by atoms with Crippen LogP contribution in [0, 0.1) is 0 Å². The van der Waals surface area contributed by atoms with Crippen molar-refractivity contribution in [1.82, 2.24) is 10.2 Å². The average Bonchev–Trinajstić information content (AvgIpc) is 3.07. The molecular weight excluding hydrogens is 304 g/mol. The van der Waals surface area contributed by atoms with E-state index in [1.807, 2.05) is 6.07 Å². The van der Waals surface area contributed by atoms with Crippen LogP contribution in [0.1, 0.15) is 35.4 Å². The van der Waals surface area contributed by atoms with E-state index in [0.717, 1.165) is 12.8 Å². The third-order valence-electron chi connectivity index (χ3n) is 4.07. The van der Waals surface area contributed by atoms with Gasteiger partial charge in [0.15, 0.2) is 0 Å². The van der Waals surface area contributed by atoms with Gasteiger partial charge in [-0.05, 0) is 49.5 Å². The van der Waals surface area contributed by atoms with Crippen LogP contribution in [0.25, 0.3) is 0 Å². The van der Waals surface area contributed by atoms with Gasteiger partial charge in [0.2, 0.25) is 5.91 Å². The fraction of sp³-hybridized carbons (Fsp3) is 0.421. The maximum absolute atomic E-state index is 12.1. The van der Waals surface area contributed by atoms with Crippen molar-refractivity contribution in [3.63, 3.8) is 0 Å². The highest BCUT2D eigenvalue weighted by Gasteiger charge is 2.15. The largest absolute Gasteiger partial charge is 0.354 e. The van der Waals surface area contributed by atoms with Crippen LogP contribution in [0.15, 0.2) is 41.8 Å². The lowest BCUT2D eigenvalue weighted by Crippen LogP contribution is -2.34. The summed E-state index contributed by atoms with van der Waals surface area (Å²) < 4.78 is 0. The Kier molecular flexibility index (Phi) is 6.81. The van der Waals surface area contributed by atoms with Crippen LogP contribution in [-0.4, -0.2) is 31.4 Å². The summed E-state index contributed by atoms with van der Waals surface area (Å²) in [5, 5.41) is 5.13. The van der Waals surface area contributed by atoms with Gasteiger partial charge in [-0.1, -0.05) is 37.3 Å². The second kappa shape index (κ2) is 8.85. The molecule has 1 heterocycles. The summed E-state index contributed by atoms with van der Waals surface area (Å²) in [6.45, 7) is 2.80. The van der Waals surface area contributed by atoms with E-state index in [9.17, 15) is 4.79 Å². The summed E-state index contributed by atoms with van der Waals surface area (Å²) in [7, 11) is 4.10. The molecule has 124 valence electrons. The summed E-state index contributed by atoms with van der Waals surface area (Å²) in [5.41, 5.74) is 2.58. The molecule has 2 aromatic rings. The van der Waals surface area contributed by atoms with Crippen molar-refractivity contribution in [2.45, 2.75) is 32.2 Å². The topological polar surface area (TPSA) is 32.3 Å². The molecule has 1 aromatic heterocycles. The maximum Gasteiger partial charge on any atom is 0.220 e. The molecule has 23 heavy (non-hydrogen) atoms. The fourth-order valence-corrected chi connectivity index (χ4v) is 3.27. The van der Waals surface area contributed by atoms with E-state index in [-0.39, 0.29) is 11.9 Å². The SMILES string of the molecule is CCc1ccc(C(CNC(=O)CCc2cccs2)N(C)C)cc1. The molecule has 3 nitrogen and oxygen atoms in total. The molecule has 0 aliphatic rings. The predicted octanol–water partition coefficient (Wildman–Crippen LogP) is 3.66. The Morgan fingerprint density at radius 3 is 2.52 bits per heavy atom. The van der Waals surface area contributed by atoms with Crippen LogP contribution < -0.4 is 5.32 Å². The van der Waals surface area contributed by atoms with Gasteiger partial charge in [-0.2, -0.15) is 0 Å². The van der Waals surface area contributed by atoms with Gasteiger partial charge in [0.05, 0.1) is 6.04 Å². The predicted molar refractivity (Wildman–Crippen MR) is 97.9 cm³/mol. The lowest BCUT2D eigenvalue weighted by molar-refractivity contribution is -0.121. The van der Waals surface area contributed by atoms with E-state index in [1.54, 1.807) is 11.3 Å². The van der Waals surface area contributed by atoms with Crippen molar-refractivity contribution in [2.24, 2.45) is 0 Å². The number of amides is 1. The van der Waals surface area contributed by atoms with E-state index >= 15 is 0 Å². The van der Waals surface area contributed by atoms with Crippen molar-refractivity contribution in [3.8, 4) is 0 Å². The zero-order valence-electron chi connectivity index (χ0n) is 14.2. The van der Waals surface area contributed by atoms with Gasteiger partial charge in [-0.25, -0.2) is 0 Å². The van der Waals surface area contributed by atoms with Crippen molar-refractivity contribution < 1.29 is 4.79 Å². The van der Waals surface area contributed by atoms with Gasteiger partial charge in [0, 0.05) is 17.8 Å². The summed E-state index contributed by atoms with van der Waals surface area (Å²) >= 11 is 1.71. The summed E-state index contributed by atoms with van der Waals surface area (Å²) in [5.74, 6) is 0.121. The maximum atomic E-state index is 12.1. The molecule has 0 saturated carbocycles. The Hall–Kier alpha value is -1.65. The van der Waals surface area contributed by atoms with Crippen LogP contribution in [-0.2, 0) is 17.6 Å². The highest BCUT2D eigenvalue weighted by molar-refractivity contribution is 7.09. The number of carbonyl (C=O) groups is 1. The molecule has 0 saturated heterocycles. The highest BCUT2D eigenvalue weighted by Crippen LogP contribution is 2.18. The lowest BCUT2D eigenvalue weighted by Gasteiger charge is -2.25. The van der Waals surface area contributed by atoms with Gasteiger partial charge in [0.25, 0.3) is 0 Å². The molecule has 1 amide bonds. The molecule has 4 heteroatoms. The van der Waals surface area contributed by atoms with Gasteiger partial charge < -0.3 is 10.2 Å². The Labute approximate surface area is 143 Å². The van der Waals surface area contributed by atoms with Crippen LogP contribution in [0.3, 0.4) is 0 Å². The minimum atomic E-state index is 0.121. The summed E-state index contributed by atoms with van der Waals surface area (Å²) in [6, 6.07) is 13.0. The first-order chi connectivity index (χ1) is 11.1. The number of hydrogen-bond donors (Lipinski definition) is 1. The standard InChI is InChI=1S/C19H26N2OS/c1-4-15-7-9-16(10-8-15)18(21(2)3)14-20-19(22)12-11-17-6-5-13-23-17/h5-10,13,18H,4,11-12,14H2,1-3H3,(H,20,22). The van der Waals surface area contributed by atoms with Crippen molar-refractivity contribution in [2.75, 3.05) is 20.6 Å². The molecule has 0 aliphatic carbocycles. The van der Waals surface area contributed by atoms with E-state index in [1.165, 1.54) is 16.0 Å². The zero-order valence-corrected chi connectivity index (χ0v) is 15.0. The molecule has 0 aliphatic heterocycles. The molecule has 2 rings (SSSR count). The fourth-order valence-electron chi connectivity index (χ4n) is 2.56. The van der Waals surface area contributed by atoms with Crippen molar-refractivity contribution in [1.29, 1.82) is 0 Å². The smallest absolute Gasteiger partial charge is 0.220 e. The third kappa shape index (κ3) is 5.48. The molecule has 1 unspecified atom stereocenters.